The molecule has 0 N–H and O–H groups in total. The lowest BCUT2D eigenvalue weighted by atomic mass is 10.2. The van der Waals surface area contributed by atoms with Crippen LogP contribution in [0.25, 0.3) is 0 Å². The molecule has 17 heavy (non-hydrogen) atoms. The number of aromatic nitrogens is 2. The number of hydrogen-bond donors (Lipinski definition) is 0. The van der Waals surface area contributed by atoms with E-state index in [1.807, 2.05) is 13.8 Å². The van der Waals surface area contributed by atoms with Crippen molar-refractivity contribution in [2.24, 2.45) is 4.40 Å². The number of nitrogens with zero attached hydrogens (tertiary/aromatic N) is 3. The van der Waals surface area contributed by atoms with Crippen LogP contribution >= 0.6 is 15.9 Å². The molecule has 1 aromatic rings. The van der Waals surface area contributed by atoms with Crippen LogP contribution in [0.5, 0.6) is 0 Å². The van der Waals surface area contributed by atoms with E-state index in [9.17, 15) is 4.55 Å². The molecule has 6 heteroatoms. The highest BCUT2D eigenvalue weighted by molar-refractivity contribution is 9.10. The average Bonchev–Trinajstić information content (AvgIpc) is 2.28. The maximum Gasteiger partial charge on any atom is 0.137 e. The molecular weight excluding hydrogens is 302 g/mol. The lowest BCUT2D eigenvalue weighted by Gasteiger charge is -2.09. The number of halogens is 1. The highest BCUT2D eigenvalue weighted by Crippen LogP contribution is 2.12. The summed E-state index contributed by atoms with van der Waals surface area (Å²) >= 11 is 2.07. The molecule has 1 heterocycles. The minimum Gasteiger partial charge on any atom is -0.591 e. The van der Waals surface area contributed by atoms with Gasteiger partial charge in [0.05, 0.1) is 23.8 Å². The van der Waals surface area contributed by atoms with Crippen LogP contribution in [-0.2, 0) is 11.4 Å². The van der Waals surface area contributed by atoms with Crippen molar-refractivity contribution in [1.82, 2.24) is 9.97 Å². The molecule has 0 amide bonds. The maximum atomic E-state index is 11.8. The van der Waals surface area contributed by atoms with Gasteiger partial charge < -0.3 is 4.55 Å². The van der Waals surface area contributed by atoms with E-state index in [-0.39, 0.29) is 5.25 Å². The van der Waals surface area contributed by atoms with Gasteiger partial charge in [0.15, 0.2) is 0 Å². The maximum absolute atomic E-state index is 11.8. The zero-order valence-electron chi connectivity index (χ0n) is 10.2. The van der Waals surface area contributed by atoms with Crippen molar-refractivity contribution in [2.45, 2.75) is 38.9 Å². The van der Waals surface area contributed by atoms with E-state index in [2.05, 4.69) is 37.2 Å². The van der Waals surface area contributed by atoms with Gasteiger partial charge in [0.25, 0.3) is 0 Å². The summed E-state index contributed by atoms with van der Waals surface area (Å²) in [7, 11) is 0. The van der Waals surface area contributed by atoms with Crippen LogP contribution in [0.1, 0.15) is 39.3 Å². The van der Waals surface area contributed by atoms with Crippen molar-refractivity contribution in [3.8, 4) is 0 Å². The van der Waals surface area contributed by atoms with Crippen LogP contribution < -0.4 is 0 Å². The molecule has 1 atom stereocenters. The van der Waals surface area contributed by atoms with Crippen molar-refractivity contribution in [3.05, 3.63) is 22.7 Å². The quantitative estimate of drug-likeness (QED) is 0.619. The summed E-state index contributed by atoms with van der Waals surface area (Å²) in [5.41, 5.74) is 1.45. The van der Waals surface area contributed by atoms with E-state index in [1.165, 1.54) is 0 Å². The van der Waals surface area contributed by atoms with Gasteiger partial charge >= 0.3 is 0 Å². The standard InChI is InChI=1S/C11H16BrN3OS/c1-4-5-9(15-17(16)8(2)3)10-6-13-7-11(12)14-10/h6-8H,4-5H2,1-3H3/t17-/m1/s1. The SMILES string of the molecule is CCCC(=N[S@+]([O-])C(C)C)c1cncc(Br)n1. The zero-order valence-corrected chi connectivity index (χ0v) is 12.6. The van der Waals surface area contributed by atoms with Crippen molar-refractivity contribution >= 4 is 33.0 Å². The van der Waals surface area contributed by atoms with Crippen LogP contribution in [0, 0.1) is 0 Å². The van der Waals surface area contributed by atoms with Gasteiger partial charge in [-0.15, -0.1) is 0 Å². The lowest BCUT2D eigenvalue weighted by Crippen LogP contribution is -2.15. The van der Waals surface area contributed by atoms with Crippen molar-refractivity contribution in [1.29, 1.82) is 0 Å². The Kier molecular flexibility index (Phi) is 6.08. The van der Waals surface area contributed by atoms with Gasteiger partial charge in [-0.2, -0.15) is 0 Å². The fraction of sp³-hybridized carbons (Fsp3) is 0.545. The predicted molar refractivity (Wildman–Crippen MR) is 74.5 cm³/mol. The van der Waals surface area contributed by atoms with Gasteiger partial charge in [-0.25, -0.2) is 4.98 Å². The Morgan fingerprint density at radius 3 is 2.76 bits per heavy atom. The molecule has 0 aliphatic carbocycles. The lowest BCUT2D eigenvalue weighted by molar-refractivity contribution is 0.588. The smallest absolute Gasteiger partial charge is 0.137 e. The van der Waals surface area contributed by atoms with Crippen molar-refractivity contribution in [3.63, 3.8) is 0 Å². The number of hydrogen-bond acceptors (Lipinski definition) is 4. The van der Waals surface area contributed by atoms with Crippen LogP contribution in [0.3, 0.4) is 0 Å². The van der Waals surface area contributed by atoms with Gasteiger partial charge in [0.1, 0.15) is 21.3 Å². The molecule has 0 aromatic carbocycles. The summed E-state index contributed by atoms with van der Waals surface area (Å²) < 4.78 is 16.7. The van der Waals surface area contributed by atoms with Gasteiger partial charge in [0.2, 0.25) is 0 Å². The van der Waals surface area contributed by atoms with E-state index in [0.29, 0.717) is 10.3 Å². The molecule has 0 aliphatic rings. The van der Waals surface area contributed by atoms with Gasteiger partial charge in [-0.3, -0.25) is 4.98 Å². The van der Waals surface area contributed by atoms with E-state index in [4.69, 9.17) is 0 Å². The molecule has 0 saturated carbocycles. The monoisotopic (exact) mass is 317 g/mol. The zero-order chi connectivity index (χ0) is 12.8. The Morgan fingerprint density at radius 2 is 2.24 bits per heavy atom. The minimum atomic E-state index is -1.21. The Morgan fingerprint density at radius 1 is 1.53 bits per heavy atom. The average molecular weight is 318 g/mol. The second kappa shape index (κ2) is 7.08. The summed E-state index contributed by atoms with van der Waals surface area (Å²) in [6.45, 7) is 5.82. The molecule has 94 valence electrons. The Hall–Kier alpha value is -0.460. The molecule has 0 spiro atoms. The molecule has 0 fully saturated rings. The Balaban J connectivity index is 3.00. The normalized spacial score (nSPS) is 14.1. The summed E-state index contributed by atoms with van der Waals surface area (Å²) in [5.74, 6) is 0. The van der Waals surface area contributed by atoms with Gasteiger partial charge in [-0.1, -0.05) is 17.7 Å². The first-order valence-corrected chi connectivity index (χ1v) is 7.47. The topological polar surface area (TPSA) is 61.2 Å². The molecule has 0 saturated heterocycles. The van der Waals surface area contributed by atoms with Gasteiger partial charge in [0, 0.05) is 0 Å². The largest absolute Gasteiger partial charge is 0.591 e. The highest BCUT2D eigenvalue weighted by Gasteiger charge is 2.15. The summed E-state index contributed by atoms with van der Waals surface area (Å²) in [6, 6.07) is 0. The van der Waals surface area contributed by atoms with Crippen molar-refractivity contribution < 1.29 is 4.55 Å². The Labute approximate surface area is 113 Å². The first-order chi connectivity index (χ1) is 8.04. The predicted octanol–water partition coefficient (Wildman–Crippen LogP) is 2.90. The second-order valence-electron chi connectivity index (χ2n) is 3.84. The first kappa shape index (κ1) is 14.6. The van der Waals surface area contributed by atoms with Crippen LogP contribution in [0.2, 0.25) is 0 Å². The number of rotatable bonds is 5. The van der Waals surface area contributed by atoms with Crippen molar-refractivity contribution in [2.75, 3.05) is 0 Å². The van der Waals surface area contributed by atoms with Crippen LogP contribution in [0.4, 0.5) is 0 Å². The van der Waals surface area contributed by atoms with E-state index >= 15 is 0 Å². The summed E-state index contributed by atoms with van der Waals surface area (Å²) in [4.78, 5) is 8.34. The summed E-state index contributed by atoms with van der Waals surface area (Å²) in [5, 5.41) is 0.0157. The minimum absolute atomic E-state index is 0.0157. The highest BCUT2D eigenvalue weighted by atomic mass is 79.9. The molecule has 0 bridgehead atoms. The molecule has 4 nitrogen and oxygen atoms in total. The van der Waals surface area contributed by atoms with Crippen LogP contribution in [0.15, 0.2) is 21.4 Å². The third-order valence-electron chi connectivity index (χ3n) is 1.99. The van der Waals surface area contributed by atoms with E-state index < -0.39 is 11.4 Å². The molecule has 1 aromatic heterocycles. The van der Waals surface area contributed by atoms with Gasteiger partial charge in [-0.05, 0) is 36.2 Å². The fourth-order valence-electron chi connectivity index (χ4n) is 1.15. The third kappa shape index (κ3) is 4.73. The van der Waals surface area contributed by atoms with Crippen LogP contribution in [-0.4, -0.2) is 25.5 Å². The Bertz CT molecular complexity index is 398. The summed E-state index contributed by atoms with van der Waals surface area (Å²) in [6.07, 6.45) is 4.95. The molecule has 0 aliphatic heterocycles. The fourth-order valence-corrected chi connectivity index (χ4v) is 2.07. The first-order valence-electron chi connectivity index (χ1n) is 5.50. The molecule has 1 rings (SSSR count). The van der Waals surface area contributed by atoms with E-state index in [0.717, 1.165) is 18.6 Å². The van der Waals surface area contributed by atoms with E-state index in [1.54, 1.807) is 12.4 Å². The molecule has 0 unspecified atom stereocenters. The third-order valence-corrected chi connectivity index (χ3v) is 3.58. The molecule has 0 radical (unpaired) electrons. The second-order valence-corrected chi connectivity index (χ2v) is 6.33. The molecular formula is C11H16BrN3OS.